The normalized spacial score (nSPS) is 14.1. The number of amidine groups is 1. The third kappa shape index (κ3) is 3.92. The first kappa shape index (κ1) is 21.1. The number of anilines is 1. The minimum Gasteiger partial charge on any atom is -0.370 e. The average Bonchev–Trinajstić information content (AvgIpc) is 3.37. The molecule has 1 aliphatic rings. The zero-order valence-electron chi connectivity index (χ0n) is 17.5. The lowest BCUT2D eigenvalue weighted by atomic mass is 9.92. The molecule has 0 radical (unpaired) electrons. The van der Waals surface area contributed by atoms with Gasteiger partial charge in [0.15, 0.2) is 0 Å². The number of aromatic nitrogens is 4. The molecule has 1 aromatic carbocycles. The maximum absolute atomic E-state index is 13.4. The van der Waals surface area contributed by atoms with Crippen molar-refractivity contribution in [1.82, 2.24) is 24.9 Å². The Labute approximate surface area is 184 Å². The summed E-state index contributed by atoms with van der Waals surface area (Å²) >= 11 is 0. The summed E-state index contributed by atoms with van der Waals surface area (Å²) in [5.41, 5.74) is 3.19. The lowest BCUT2D eigenvalue weighted by Gasteiger charge is -2.36. The summed E-state index contributed by atoms with van der Waals surface area (Å²) in [6.07, 6.45) is 7.14. The van der Waals surface area contributed by atoms with E-state index in [2.05, 4.69) is 26.2 Å². The first-order chi connectivity index (χ1) is 15.5. The van der Waals surface area contributed by atoms with Crippen LogP contribution in [0.1, 0.15) is 18.4 Å². The van der Waals surface area contributed by atoms with E-state index in [1.807, 2.05) is 6.07 Å². The molecule has 162 valence electrons. The first-order valence-corrected chi connectivity index (χ1v) is 10.2. The van der Waals surface area contributed by atoms with Gasteiger partial charge in [0.25, 0.3) is 0 Å². The molecule has 3 aromatic rings. The van der Waals surface area contributed by atoms with Gasteiger partial charge in [0.2, 0.25) is 5.95 Å². The Balaban J connectivity index is 1.76. The zero-order valence-corrected chi connectivity index (χ0v) is 17.5. The van der Waals surface area contributed by atoms with Crippen LogP contribution in [-0.4, -0.2) is 57.2 Å². The molecule has 0 aliphatic carbocycles. The summed E-state index contributed by atoms with van der Waals surface area (Å²) in [5, 5.41) is 34.1. The molecule has 9 nitrogen and oxygen atoms in total. The SMILES string of the molecule is CN(C=N)C(=N)C1CCN(c2c(-c3ccc(F)nc3)ccc(-n3nccn3)c2C#N)CC1. The number of hydrogen-bond acceptors (Lipinski definition) is 7. The lowest BCUT2D eigenvalue weighted by Crippen LogP contribution is -2.41. The fraction of sp³-hybridized carbons (Fsp3) is 0.273. The number of pyridine rings is 1. The highest BCUT2D eigenvalue weighted by Gasteiger charge is 2.28. The fourth-order valence-corrected chi connectivity index (χ4v) is 4.03. The Morgan fingerprint density at radius 1 is 1.22 bits per heavy atom. The molecule has 1 fully saturated rings. The highest BCUT2D eigenvalue weighted by atomic mass is 19.1. The topological polar surface area (TPSA) is 122 Å². The third-order valence-electron chi connectivity index (χ3n) is 5.71. The number of halogens is 1. The van der Waals surface area contributed by atoms with E-state index in [4.69, 9.17) is 10.8 Å². The number of nitrogens with zero attached hydrogens (tertiary/aromatic N) is 7. The second-order valence-electron chi connectivity index (χ2n) is 7.54. The van der Waals surface area contributed by atoms with Gasteiger partial charge in [-0.05, 0) is 37.1 Å². The number of nitrogens with one attached hydrogen (secondary N) is 2. The van der Waals surface area contributed by atoms with E-state index < -0.39 is 5.95 Å². The van der Waals surface area contributed by atoms with Crippen molar-refractivity contribution in [3.8, 4) is 22.9 Å². The minimum atomic E-state index is -0.567. The van der Waals surface area contributed by atoms with Crippen LogP contribution >= 0.6 is 0 Å². The van der Waals surface area contributed by atoms with Crippen LogP contribution in [0.3, 0.4) is 0 Å². The van der Waals surface area contributed by atoms with Gasteiger partial charge in [0, 0.05) is 43.4 Å². The Morgan fingerprint density at radius 2 is 1.94 bits per heavy atom. The van der Waals surface area contributed by atoms with E-state index in [1.165, 1.54) is 22.0 Å². The third-order valence-corrected chi connectivity index (χ3v) is 5.71. The van der Waals surface area contributed by atoms with Crippen LogP contribution in [0.4, 0.5) is 10.1 Å². The van der Waals surface area contributed by atoms with E-state index in [1.54, 1.807) is 31.6 Å². The molecule has 1 aliphatic heterocycles. The second-order valence-corrected chi connectivity index (χ2v) is 7.54. The lowest BCUT2D eigenvalue weighted by molar-refractivity contribution is 0.473. The van der Waals surface area contributed by atoms with Crippen LogP contribution in [-0.2, 0) is 0 Å². The summed E-state index contributed by atoms with van der Waals surface area (Å²) < 4.78 is 13.4. The van der Waals surface area contributed by atoms with Gasteiger partial charge in [-0.15, -0.1) is 0 Å². The summed E-state index contributed by atoms with van der Waals surface area (Å²) in [6.45, 7) is 1.26. The van der Waals surface area contributed by atoms with Gasteiger partial charge in [-0.1, -0.05) is 0 Å². The largest absolute Gasteiger partial charge is 0.370 e. The Kier molecular flexibility index (Phi) is 5.89. The standard InChI is InChI=1S/C22H22FN9/c1-30(14-25)22(26)15-6-10-31(11-7-15)21-17(16-2-5-20(23)27-13-16)3-4-19(18(21)12-24)32-28-8-9-29-32/h2-5,8-9,13-15,25-26H,6-7,10-11H2,1H3. The van der Waals surface area contributed by atoms with E-state index in [0.29, 0.717) is 48.6 Å². The second kappa shape index (κ2) is 8.93. The molecule has 10 heteroatoms. The summed E-state index contributed by atoms with van der Waals surface area (Å²) in [7, 11) is 1.70. The van der Waals surface area contributed by atoms with Gasteiger partial charge in [-0.3, -0.25) is 10.8 Å². The van der Waals surface area contributed by atoms with Crippen molar-refractivity contribution in [3.05, 3.63) is 54.4 Å². The van der Waals surface area contributed by atoms with Gasteiger partial charge < -0.3 is 9.80 Å². The van der Waals surface area contributed by atoms with Crippen molar-refractivity contribution < 1.29 is 4.39 Å². The van der Waals surface area contributed by atoms with E-state index in [-0.39, 0.29) is 5.92 Å². The van der Waals surface area contributed by atoms with Gasteiger partial charge >= 0.3 is 0 Å². The predicted octanol–water partition coefficient (Wildman–Crippen LogP) is 3.07. The van der Waals surface area contributed by atoms with Gasteiger partial charge in [0.05, 0.1) is 24.4 Å². The Bertz CT molecular complexity index is 1160. The quantitative estimate of drug-likeness (QED) is 0.364. The first-order valence-electron chi connectivity index (χ1n) is 10.2. The summed E-state index contributed by atoms with van der Waals surface area (Å²) in [4.78, 5) is 8.83. The average molecular weight is 431 g/mol. The molecule has 4 rings (SSSR count). The van der Waals surface area contributed by atoms with Crippen molar-refractivity contribution in [2.24, 2.45) is 5.92 Å². The Hall–Kier alpha value is -4.13. The molecule has 2 N–H and O–H groups in total. The number of piperidine rings is 1. The van der Waals surface area contributed by atoms with E-state index in [9.17, 15) is 9.65 Å². The predicted molar refractivity (Wildman–Crippen MR) is 118 cm³/mol. The van der Waals surface area contributed by atoms with Crippen molar-refractivity contribution >= 4 is 17.9 Å². The molecule has 0 amide bonds. The molecular weight excluding hydrogens is 409 g/mol. The maximum Gasteiger partial charge on any atom is 0.212 e. The summed E-state index contributed by atoms with van der Waals surface area (Å²) in [6, 6.07) is 8.92. The molecular formula is C22H22FN9. The number of rotatable bonds is 5. The highest BCUT2D eigenvalue weighted by Crippen LogP contribution is 2.38. The molecule has 0 unspecified atom stereocenters. The molecule has 0 bridgehead atoms. The highest BCUT2D eigenvalue weighted by molar-refractivity contribution is 5.91. The van der Waals surface area contributed by atoms with Crippen molar-refractivity contribution in [1.29, 1.82) is 16.1 Å². The van der Waals surface area contributed by atoms with Crippen molar-refractivity contribution in [2.45, 2.75) is 12.8 Å². The smallest absolute Gasteiger partial charge is 0.212 e. The van der Waals surface area contributed by atoms with Gasteiger partial charge in [-0.25, -0.2) is 4.98 Å². The molecule has 2 aromatic heterocycles. The molecule has 0 atom stereocenters. The number of benzene rings is 1. The van der Waals surface area contributed by atoms with Crippen molar-refractivity contribution in [2.75, 3.05) is 25.0 Å². The van der Waals surface area contributed by atoms with Gasteiger partial charge in [0.1, 0.15) is 23.2 Å². The molecule has 1 saturated heterocycles. The molecule has 32 heavy (non-hydrogen) atoms. The number of nitriles is 1. The van der Waals surface area contributed by atoms with Crippen LogP contribution in [0.2, 0.25) is 0 Å². The van der Waals surface area contributed by atoms with Crippen LogP contribution in [0.5, 0.6) is 0 Å². The monoisotopic (exact) mass is 431 g/mol. The summed E-state index contributed by atoms with van der Waals surface area (Å²) in [5.74, 6) is -0.115. The maximum atomic E-state index is 13.4. The van der Waals surface area contributed by atoms with Crippen LogP contribution in [0.25, 0.3) is 16.8 Å². The van der Waals surface area contributed by atoms with Crippen LogP contribution < -0.4 is 4.90 Å². The van der Waals surface area contributed by atoms with E-state index in [0.717, 1.165) is 17.6 Å². The minimum absolute atomic E-state index is 0.0373. The molecule has 3 heterocycles. The van der Waals surface area contributed by atoms with Crippen LogP contribution in [0, 0.1) is 34.0 Å². The molecule has 0 spiro atoms. The van der Waals surface area contributed by atoms with Gasteiger partial charge in [-0.2, -0.15) is 24.6 Å². The zero-order chi connectivity index (χ0) is 22.7. The van der Waals surface area contributed by atoms with Crippen molar-refractivity contribution in [3.63, 3.8) is 0 Å². The number of hydrogen-bond donors (Lipinski definition) is 2. The molecule has 0 saturated carbocycles. The Morgan fingerprint density at radius 3 is 2.53 bits per heavy atom. The van der Waals surface area contributed by atoms with Crippen LogP contribution in [0.15, 0.2) is 42.9 Å². The fourth-order valence-electron chi connectivity index (χ4n) is 4.03. The van der Waals surface area contributed by atoms with E-state index >= 15 is 0 Å².